The van der Waals surface area contributed by atoms with E-state index in [1.165, 1.54) is 11.3 Å². The highest BCUT2D eigenvalue weighted by Crippen LogP contribution is 2.26. The standard InChI is InChI=1S/C12H6ClN3S/c13-9-3-1-8(2-4-9)11-10(7-14)16-5-6-17-12(16)15-11/h1-6H. The second-order valence-corrected chi connectivity index (χ2v) is 4.79. The van der Waals surface area contributed by atoms with E-state index in [-0.39, 0.29) is 0 Å². The normalized spacial score (nSPS) is 10.6. The minimum Gasteiger partial charge on any atom is -0.281 e. The number of nitriles is 1. The summed E-state index contributed by atoms with van der Waals surface area (Å²) in [6, 6.07) is 9.53. The van der Waals surface area contributed by atoms with Crippen LogP contribution in [0, 0.1) is 11.3 Å². The molecule has 3 nitrogen and oxygen atoms in total. The summed E-state index contributed by atoms with van der Waals surface area (Å²) in [6.45, 7) is 0. The molecule has 3 aromatic rings. The zero-order valence-electron chi connectivity index (χ0n) is 8.59. The molecule has 0 unspecified atom stereocenters. The van der Waals surface area contributed by atoms with Crippen molar-refractivity contribution in [3.63, 3.8) is 0 Å². The van der Waals surface area contributed by atoms with E-state index in [4.69, 9.17) is 11.6 Å². The SMILES string of the molecule is N#Cc1c(-c2ccc(Cl)cc2)nc2sccn12. The molecule has 3 rings (SSSR count). The van der Waals surface area contributed by atoms with Gasteiger partial charge < -0.3 is 0 Å². The van der Waals surface area contributed by atoms with Crippen LogP contribution in [0.3, 0.4) is 0 Å². The van der Waals surface area contributed by atoms with Gasteiger partial charge in [-0.25, -0.2) is 4.98 Å². The zero-order valence-corrected chi connectivity index (χ0v) is 10.2. The van der Waals surface area contributed by atoms with Gasteiger partial charge in [-0.3, -0.25) is 4.40 Å². The Morgan fingerprint density at radius 3 is 2.76 bits per heavy atom. The zero-order chi connectivity index (χ0) is 11.8. The third kappa shape index (κ3) is 1.60. The van der Waals surface area contributed by atoms with Crippen LogP contribution in [0.1, 0.15) is 5.69 Å². The molecule has 2 aromatic heterocycles. The molecule has 1 aromatic carbocycles. The predicted molar refractivity (Wildman–Crippen MR) is 68.2 cm³/mol. The monoisotopic (exact) mass is 259 g/mol. The summed E-state index contributed by atoms with van der Waals surface area (Å²) in [5, 5.41) is 11.8. The molecule has 0 atom stereocenters. The number of aromatic nitrogens is 2. The molecular formula is C12H6ClN3S. The molecule has 0 spiro atoms. The van der Waals surface area contributed by atoms with E-state index >= 15 is 0 Å². The topological polar surface area (TPSA) is 41.1 Å². The molecule has 0 amide bonds. The lowest BCUT2D eigenvalue weighted by atomic mass is 10.1. The molecule has 5 heteroatoms. The third-order valence-electron chi connectivity index (χ3n) is 2.49. The fraction of sp³-hybridized carbons (Fsp3) is 0. The Balaban J connectivity index is 2.26. The van der Waals surface area contributed by atoms with Gasteiger partial charge in [-0.2, -0.15) is 5.26 Å². The summed E-state index contributed by atoms with van der Waals surface area (Å²) in [6.07, 6.45) is 1.85. The molecule has 0 radical (unpaired) electrons. The lowest BCUT2D eigenvalue weighted by Gasteiger charge is -1.97. The minimum absolute atomic E-state index is 0.559. The van der Waals surface area contributed by atoms with Crippen LogP contribution in [-0.2, 0) is 0 Å². The average Bonchev–Trinajstić information content (AvgIpc) is 2.89. The summed E-state index contributed by atoms with van der Waals surface area (Å²) in [5.74, 6) is 0. The first-order valence-electron chi connectivity index (χ1n) is 4.91. The van der Waals surface area contributed by atoms with E-state index in [0.717, 1.165) is 10.5 Å². The Hall–Kier alpha value is -1.83. The average molecular weight is 260 g/mol. The lowest BCUT2D eigenvalue weighted by Crippen LogP contribution is -1.85. The minimum atomic E-state index is 0.559. The second-order valence-electron chi connectivity index (χ2n) is 3.48. The summed E-state index contributed by atoms with van der Waals surface area (Å²) >= 11 is 7.35. The fourth-order valence-electron chi connectivity index (χ4n) is 1.70. The molecule has 0 aliphatic rings. The van der Waals surface area contributed by atoms with Crippen molar-refractivity contribution in [1.29, 1.82) is 5.26 Å². The summed E-state index contributed by atoms with van der Waals surface area (Å²) in [7, 11) is 0. The fourth-order valence-corrected chi connectivity index (χ4v) is 2.54. The third-order valence-corrected chi connectivity index (χ3v) is 3.49. The van der Waals surface area contributed by atoms with Gasteiger partial charge in [0.2, 0.25) is 0 Å². The van der Waals surface area contributed by atoms with Crippen molar-refractivity contribution < 1.29 is 0 Å². The predicted octanol–water partition coefficient (Wildman–Crippen LogP) is 3.59. The number of imidazole rings is 1. The van der Waals surface area contributed by atoms with E-state index in [1.807, 2.05) is 23.7 Å². The lowest BCUT2D eigenvalue weighted by molar-refractivity contribution is 1.19. The number of halogens is 1. The van der Waals surface area contributed by atoms with Crippen molar-refractivity contribution in [3.8, 4) is 17.3 Å². The summed E-state index contributed by atoms with van der Waals surface area (Å²) in [5.41, 5.74) is 2.17. The van der Waals surface area contributed by atoms with Gasteiger partial charge in [-0.1, -0.05) is 23.7 Å². The van der Waals surface area contributed by atoms with Gasteiger partial charge in [0.15, 0.2) is 10.7 Å². The molecule has 0 bridgehead atoms. The Morgan fingerprint density at radius 1 is 1.29 bits per heavy atom. The van der Waals surface area contributed by atoms with Crippen LogP contribution in [0.2, 0.25) is 5.02 Å². The Labute approximate surface area is 107 Å². The van der Waals surface area contributed by atoms with E-state index < -0.39 is 0 Å². The van der Waals surface area contributed by atoms with Crippen LogP contribution < -0.4 is 0 Å². The maximum atomic E-state index is 9.21. The van der Waals surface area contributed by atoms with Crippen LogP contribution in [0.25, 0.3) is 16.2 Å². The van der Waals surface area contributed by atoms with Gasteiger partial charge in [0.25, 0.3) is 0 Å². The van der Waals surface area contributed by atoms with Crippen molar-refractivity contribution in [3.05, 3.63) is 46.6 Å². The number of nitrogens with zero attached hydrogens (tertiary/aromatic N) is 3. The van der Waals surface area contributed by atoms with Gasteiger partial charge in [-0.15, -0.1) is 11.3 Å². The number of fused-ring (bicyclic) bond motifs is 1. The number of hydrogen-bond donors (Lipinski definition) is 0. The Bertz CT molecular complexity index is 718. The van der Waals surface area contributed by atoms with Crippen LogP contribution in [0.15, 0.2) is 35.8 Å². The van der Waals surface area contributed by atoms with Crippen molar-refractivity contribution in [2.75, 3.05) is 0 Å². The molecule has 17 heavy (non-hydrogen) atoms. The van der Waals surface area contributed by atoms with Crippen molar-refractivity contribution in [2.45, 2.75) is 0 Å². The molecule has 2 heterocycles. The van der Waals surface area contributed by atoms with Gasteiger partial charge in [0.05, 0.1) is 0 Å². The number of rotatable bonds is 1. The largest absolute Gasteiger partial charge is 0.281 e. The smallest absolute Gasteiger partial charge is 0.195 e. The van der Waals surface area contributed by atoms with Gasteiger partial charge in [-0.05, 0) is 12.1 Å². The summed E-state index contributed by atoms with van der Waals surface area (Å²) in [4.78, 5) is 5.28. The highest BCUT2D eigenvalue weighted by atomic mass is 35.5. The molecule has 82 valence electrons. The van der Waals surface area contributed by atoms with E-state index in [9.17, 15) is 5.26 Å². The van der Waals surface area contributed by atoms with Gasteiger partial charge in [0, 0.05) is 22.2 Å². The Kier molecular flexibility index (Phi) is 2.36. The first-order valence-corrected chi connectivity index (χ1v) is 6.17. The van der Waals surface area contributed by atoms with Gasteiger partial charge >= 0.3 is 0 Å². The summed E-state index contributed by atoms with van der Waals surface area (Å²) < 4.78 is 1.80. The molecular weight excluding hydrogens is 254 g/mol. The molecule has 0 saturated carbocycles. The van der Waals surface area contributed by atoms with Crippen LogP contribution in [-0.4, -0.2) is 9.38 Å². The first-order chi connectivity index (χ1) is 8.29. The maximum absolute atomic E-state index is 9.21. The van der Waals surface area contributed by atoms with Gasteiger partial charge in [0.1, 0.15) is 11.8 Å². The van der Waals surface area contributed by atoms with Crippen LogP contribution in [0.5, 0.6) is 0 Å². The molecule has 0 saturated heterocycles. The highest BCUT2D eigenvalue weighted by Gasteiger charge is 2.13. The van der Waals surface area contributed by atoms with E-state index in [2.05, 4.69) is 11.1 Å². The second kappa shape index (κ2) is 3.88. The van der Waals surface area contributed by atoms with E-state index in [0.29, 0.717) is 16.4 Å². The van der Waals surface area contributed by atoms with Crippen molar-refractivity contribution in [2.24, 2.45) is 0 Å². The number of benzene rings is 1. The molecule has 0 aliphatic carbocycles. The molecule has 0 aliphatic heterocycles. The van der Waals surface area contributed by atoms with Crippen molar-refractivity contribution >= 4 is 27.9 Å². The van der Waals surface area contributed by atoms with E-state index in [1.54, 1.807) is 16.5 Å². The molecule has 0 fully saturated rings. The van der Waals surface area contributed by atoms with Crippen LogP contribution >= 0.6 is 22.9 Å². The quantitative estimate of drug-likeness (QED) is 0.670. The first kappa shape index (κ1) is 10.3. The maximum Gasteiger partial charge on any atom is 0.195 e. The highest BCUT2D eigenvalue weighted by molar-refractivity contribution is 7.15. The Morgan fingerprint density at radius 2 is 2.06 bits per heavy atom. The van der Waals surface area contributed by atoms with Crippen LogP contribution in [0.4, 0.5) is 0 Å². The number of thiazole rings is 1. The van der Waals surface area contributed by atoms with Crippen molar-refractivity contribution in [1.82, 2.24) is 9.38 Å². The number of hydrogen-bond acceptors (Lipinski definition) is 3. The molecule has 0 N–H and O–H groups in total.